The summed E-state index contributed by atoms with van der Waals surface area (Å²) in [6.45, 7) is 1.26. The van der Waals surface area contributed by atoms with Crippen molar-refractivity contribution in [2.45, 2.75) is 44.9 Å². The van der Waals surface area contributed by atoms with Gasteiger partial charge in [0.15, 0.2) is 5.60 Å². The van der Waals surface area contributed by atoms with Gasteiger partial charge in [0.1, 0.15) is 12.4 Å². The van der Waals surface area contributed by atoms with Crippen LogP contribution in [0.2, 0.25) is 0 Å². The lowest BCUT2D eigenvalue weighted by Crippen LogP contribution is -2.45. The lowest BCUT2D eigenvalue weighted by molar-refractivity contribution is -0.173. The molecule has 8 heteroatoms. The van der Waals surface area contributed by atoms with Crippen LogP contribution in [-0.2, 0) is 34.7 Å². The Bertz CT molecular complexity index is 1330. The molecule has 0 radical (unpaired) electrons. The van der Waals surface area contributed by atoms with E-state index >= 15 is 0 Å². The highest BCUT2D eigenvalue weighted by Gasteiger charge is 2.46. The van der Waals surface area contributed by atoms with Gasteiger partial charge in [0.25, 0.3) is 5.56 Å². The standard InChI is InChI=1S/C24H23FN2O5/c1-3-4-14-15-9-13(31-2)5-6-19(15)26-21-16(14)11-27-20(21)10-18-17(22(27)28)12-32-23(29)24(18,30)7-8-25/h5-6,9-10,30H,3-4,7-8,11-12H2,1-2H3. The van der Waals surface area contributed by atoms with Crippen molar-refractivity contribution < 1.29 is 23.8 Å². The number of nitrogens with zero attached hydrogens (tertiary/aromatic N) is 2. The highest BCUT2D eigenvalue weighted by atomic mass is 19.1. The van der Waals surface area contributed by atoms with E-state index in [1.54, 1.807) is 17.7 Å². The number of benzene rings is 1. The van der Waals surface area contributed by atoms with Crippen LogP contribution in [0.15, 0.2) is 29.1 Å². The summed E-state index contributed by atoms with van der Waals surface area (Å²) in [5.41, 5.74) is 1.72. The topological polar surface area (TPSA) is 90.6 Å². The smallest absolute Gasteiger partial charge is 0.343 e. The fourth-order valence-corrected chi connectivity index (χ4v) is 4.84. The number of carbonyl (C=O) groups is 1. The van der Waals surface area contributed by atoms with Gasteiger partial charge in [-0.05, 0) is 36.2 Å². The largest absolute Gasteiger partial charge is 0.497 e. The predicted octanol–water partition coefficient (Wildman–Crippen LogP) is 2.99. The Labute approximate surface area is 183 Å². The van der Waals surface area contributed by atoms with E-state index in [1.807, 2.05) is 18.2 Å². The van der Waals surface area contributed by atoms with Crippen molar-refractivity contribution >= 4 is 16.9 Å². The first kappa shape index (κ1) is 20.6. The number of aliphatic hydroxyl groups is 1. The van der Waals surface area contributed by atoms with Crippen molar-refractivity contribution in [3.8, 4) is 17.1 Å². The van der Waals surface area contributed by atoms with E-state index in [-0.39, 0.29) is 23.3 Å². The Balaban J connectivity index is 1.79. The van der Waals surface area contributed by atoms with Gasteiger partial charge in [-0.2, -0.15) is 0 Å². The number of carbonyl (C=O) groups excluding carboxylic acids is 1. The molecule has 7 nitrogen and oxygen atoms in total. The van der Waals surface area contributed by atoms with E-state index in [0.29, 0.717) is 17.9 Å². The molecule has 1 N–H and O–H groups in total. The monoisotopic (exact) mass is 438 g/mol. The Hall–Kier alpha value is -3.26. The highest BCUT2D eigenvalue weighted by molar-refractivity contribution is 5.90. The summed E-state index contributed by atoms with van der Waals surface area (Å²) >= 11 is 0. The quantitative estimate of drug-likeness (QED) is 0.482. The molecular weight excluding hydrogens is 415 g/mol. The molecule has 32 heavy (non-hydrogen) atoms. The molecule has 0 amide bonds. The van der Waals surface area contributed by atoms with Crippen LogP contribution in [0.3, 0.4) is 0 Å². The van der Waals surface area contributed by atoms with Crippen LogP contribution in [-0.4, -0.2) is 34.4 Å². The van der Waals surface area contributed by atoms with E-state index < -0.39 is 24.7 Å². The van der Waals surface area contributed by atoms with Crippen LogP contribution in [0.25, 0.3) is 22.3 Å². The molecular formula is C24H23FN2O5. The van der Waals surface area contributed by atoms with Crippen molar-refractivity contribution in [1.82, 2.24) is 9.55 Å². The lowest BCUT2D eigenvalue weighted by atomic mass is 9.85. The number of aromatic nitrogens is 2. The van der Waals surface area contributed by atoms with E-state index in [9.17, 15) is 19.1 Å². The van der Waals surface area contributed by atoms with Crippen LogP contribution in [0.5, 0.6) is 5.75 Å². The molecule has 1 atom stereocenters. The van der Waals surface area contributed by atoms with Gasteiger partial charge < -0.3 is 19.1 Å². The van der Waals surface area contributed by atoms with Gasteiger partial charge >= 0.3 is 5.97 Å². The van der Waals surface area contributed by atoms with Gasteiger partial charge in [-0.1, -0.05) is 13.3 Å². The van der Waals surface area contributed by atoms with E-state index in [0.717, 1.165) is 40.6 Å². The third-order valence-electron chi connectivity index (χ3n) is 6.46. The average molecular weight is 438 g/mol. The van der Waals surface area contributed by atoms with Gasteiger partial charge in [-0.25, -0.2) is 9.78 Å². The molecule has 2 aromatic heterocycles. The normalized spacial score (nSPS) is 18.8. The van der Waals surface area contributed by atoms with Gasteiger partial charge in [0.05, 0.1) is 42.8 Å². The van der Waals surface area contributed by atoms with Crippen LogP contribution in [0.4, 0.5) is 4.39 Å². The molecule has 0 fully saturated rings. The maximum atomic E-state index is 13.4. The summed E-state index contributed by atoms with van der Waals surface area (Å²) in [4.78, 5) is 30.5. The number of pyridine rings is 2. The summed E-state index contributed by atoms with van der Waals surface area (Å²) < 4.78 is 25.2. The fourth-order valence-electron chi connectivity index (χ4n) is 4.84. The number of rotatable bonds is 5. The van der Waals surface area contributed by atoms with Gasteiger partial charge in [-0.15, -0.1) is 0 Å². The summed E-state index contributed by atoms with van der Waals surface area (Å²) in [6.07, 6.45) is 1.23. The molecule has 0 saturated carbocycles. The number of hydrogen-bond acceptors (Lipinski definition) is 6. The lowest BCUT2D eigenvalue weighted by Gasteiger charge is -2.31. The van der Waals surface area contributed by atoms with Crippen LogP contribution in [0, 0.1) is 0 Å². The maximum Gasteiger partial charge on any atom is 0.343 e. The highest BCUT2D eigenvalue weighted by Crippen LogP contribution is 2.41. The molecule has 3 aromatic rings. The molecule has 5 rings (SSSR count). The summed E-state index contributed by atoms with van der Waals surface area (Å²) in [5.74, 6) is -0.206. The zero-order valence-corrected chi connectivity index (χ0v) is 17.9. The second-order valence-electron chi connectivity index (χ2n) is 8.24. The predicted molar refractivity (Wildman–Crippen MR) is 115 cm³/mol. The SMILES string of the molecule is CCCc1c2c(nc3ccc(OC)cc13)-c1cc3c(c(=O)n1C2)COC(=O)C3(O)CCF. The number of hydrogen-bond donors (Lipinski definition) is 1. The van der Waals surface area contributed by atoms with Crippen molar-refractivity contribution in [1.29, 1.82) is 0 Å². The second-order valence-corrected chi connectivity index (χ2v) is 8.24. The molecule has 0 saturated heterocycles. The van der Waals surface area contributed by atoms with E-state index in [2.05, 4.69) is 6.92 Å². The molecule has 166 valence electrons. The Morgan fingerprint density at radius 3 is 2.81 bits per heavy atom. The number of halogens is 1. The average Bonchev–Trinajstić information content (AvgIpc) is 3.16. The first-order chi connectivity index (χ1) is 15.4. The minimum absolute atomic E-state index is 0.115. The summed E-state index contributed by atoms with van der Waals surface area (Å²) in [6, 6.07) is 7.28. The van der Waals surface area contributed by atoms with Gasteiger partial charge in [-0.3, -0.25) is 9.18 Å². The molecule has 2 aliphatic rings. The fraction of sp³-hybridized carbons (Fsp3) is 0.375. The van der Waals surface area contributed by atoms with E-state index in [4.69, 9.17) is 14.5 Å². The molecule has 2 aliphatic heterocycles. The molecule has 0 bridgehead atoms. The van der Waals surface area contributed by atoms with Crippen molar-refractivity contribution in [2.75, 3.05) is 13.8 Å². The molecule has 0 spiro atoms. The Morgan fingerprint density at radius 2 is 2.09 bits per heavy atom. The number of cyclic esters (lactones) is 1. The van der Waals surface area contributed by atoms with Crippen LogP contribution >= 0.6 is 0 Å². The van der Waals surface area contributed by atoms with Crippen LogP contribution < -0.4 is 10.3 Å². The van der Waals surface area contributed by atoms with Crippen molar-refractivity contribution in [3.63, 3.8) is 0 Å². The number of fused-ring (bicyclic) bond motifs is 5. The second kappa shape index (κ2) is 7.41. The number of methoxy groups -OCH3 is 1. The number of esters is 1. The molecule has 0 aliphatic carbocycles. The number of aryl methyl sites for hydroxylation is 1. The molecule has 4 heterocycles. The van der Waals surface area contributed by atoms with Gasteiger partial charge in [0, 0.05) is 22.9 Å². The zero-order chi connectivity index (χ0) is 22.6. The van der Waals surface area contributed by atoms with Crippen molar-refractivity contribution in [2.24, 2.45) is 0 Å². The summed E-state index contributed by atoms with van der Waals surface area (Å²) in [7, 11) is 1.61. The molecule has 1 aromatic carbocycles. The van der Waals surface area contributed by atoms with Crippen molar-refractivity contribution in [3.05, 3.63) is 56.9 Å². The summed E-state index contributed by atoms with van der Waals surface area (Å²) in [5, 5.41) is 11.9. The maximum absolute atomic E-state index is 13.4. The number of ether oxygens (including phenoxy) is 2. The molecule has 1 unspecified atom stereocenters. The van der Waals surface area contributed by atoms with E-state index in [1.165, 1.54) is 0 Å². The third-order valence-corrected chi connectivity index (χ3v) is 6.46. The minimum atomic E-state index is -2.18. The number of alkyl halides is 1. The zero-order valence-electron chi connectivity index (χ0n) is 17.9. The first-order valence-electron chi connectivity index (χ1n) is 10.7. The van der Waals surface area contributed by atoms with Gasteiger partial charge in [0.2, 0.25) is 0 Å². The Morgan fingerprint density at radius 1 is 1.28 bits per heavy atom. The Kier molecular flexibility index (Phi) is 4.78. The first-order valence-corrected chi connectivity index (χ1v) is 10.7. The third kappa shape index (κ3) is 2.79. The minimum Gasteiger partial charge on any atom is -0.497 e. The van der Waals surface area contributed by atoms with Crippen LogP contribution in [0.1, 0.15) is 42.0 Å².